The van der Waals surface area contributed by atoms with Crippen LogP contribution in [0.4, 0.5) is 0 Å². The summed E-state index contributed by atoms with van der Waals surface area (Å²) in [5, 5.41) is 10.4. The van der Waals surface area contributed by atoms with Gasteiger partial charge in [0.2, 0.25) is 0 Å². The summed E-state index contributed by atoms with van der Waals surface area (Å²) >= 11 is 0. The van der Waals surface area contributed by atoms with Gasteiger partial charge < -0.3 is 14.4 Å². The zero-order chi connectivity index (χ0) is 14.0. The van der Waals surface area contributed by atoms with Crippen molar-refractivity contribution in [2.24, 2.45) is 0 Å². The molecule has 1 aromatic carbocycles. The van der Waals surface area contributed by atoms with Gasteiger partial charge in [-0.2, -0.15) is 0 Å². The molecule has 0 aliphatic carbocycles. The van der Waals surface area contributed by atoms with Crippen LogP contribution >= 0.6 is 0 Å². The van der Waals surface area contributed by atoms with Crippen molar-refractivity contribution in [3.05, 3.63) is 36.1 Å². The van der Waals surface area contributed by atoms with Gasteiger partial charge in [-0.25, -0.2) is 0 Å². The van der Waals surface area contributed by atoms with Crippen molar-refractivity contribution < 1.29 is 14.3 Å². The molecule has 4 heteroatoms. The minimum atomic E-state index is -0.560. The molecule has 1 heterocycles. The summed E-state index contributed by atoms with van der Waals surface area (Å²) in [6.45, 7) is 5.81. The number of amides is 1. The van der Waals surface area contributed by atoms with Crippen LogP contribution in [0.1, 0.15) is 31.3 Å². The average molecular weight is 261 g/mol. The number of furan rings is 1. The standard InChI is InChI=1S/C15H19NO3/c1-10(2)16(9-11(3)17)15(18)14-8-12-6-4-5-7-13(12)19-14/h4-8,10-11,17H,9H2,1-3H3. The number of rotatable bonds is 4. The monoisotopic (exact) mass is 261 g/mol. The van der Waals surface area contributed by atoms with E-state index >= 15 is 0 Å². The highest BCUT2D eigenvalue weighted by Gasteiger charge is 2.23. The molecule has 1 atom stereocenters. The molecule has 19 heavy (non-hydrogen) atoms. The third-order valence-corrected chi connectivity index (χ3v) is 2.98. The van der Waals surface area contributed by atoms with Crippen LogP contribution in [0.3, 0.4) is 0 Å². The number of para-hydroxylation sites is 1. The predicted octanol–water partition coefficient (Wildman–Crippen LogP) is 2.66. The van der Waals surface area contributed by atoms with E-state index in [2.05, 4.69) is 0 Å². The Morgan fingerprint density at radius 2 is 2.00 bits per heavy atom. The normalized spacial score (nSPS) is 12.9. The lowest BCUT2D eigenvalue weighted by Gasteiger charge is -2.26. The Balaban J connectivity index is 2.30. The molecule has 0 radical (unpaired) electrons. The van der Waals surface area contributed by atoms with E-state index in [1.165, 1.54) is 0 Å². The Kier molecular flexibility index (Phi) is 3.90. The third kappa shape index (κ3) is 2.96. The smallest absolute Gasteiger partial charge is 0.289 e. The van der Waals surface area contributed by atoms with Crippen LogP contribution in [-0.2, 0) is 0 Å². The van der Waals surface area contributed by atoms with Gasteiger partial charge in [0.25, 0.3) is 5.91 Å². The van der Waals surface area contributed by atoms with E-state index in [0.29, 0.717) is 17.9 Å². The molecule has 2 aromatic rings. The van der Waals surface area contributed by atoms with E-state index in [-0.39, 0.29) is 11.9 Å². The minimum Gasteiger partial charge on any atom is -0.451 e. The van der Waals surface area contributed by atoms with Gasteiger partial charge in [-0.1, -0.05) is 18.2 Å². The lowest BCUT2D eigenvalue weighted by Crippen LogP contribution is -2.41. The molecule has 102 valence electrons. The largest absolute Gasteiger partial charge is 0.451 e. The topological polar surface area (TPSA) is 53.7 Å². The molecule has 1 N–H and O–H groups in total. The molecule has 4 nitrogen and oxygen atoms in total. The molecule has 0 spiro atoms. The zero-order valence-electron chi connectivity index (χ0n) is 11.5. The summed E-state index contributed by atoms with van der Waals surface area (Å²) in [5.41, 5.74) is 0.701. The second-order valence-electron chi connectivity index (χ2n) is 5.05. The molecular weight excluding hydrogens is 242 g/mol. The van der Waals surface area contributed by atoms with Crippen LogP contribution in [0, 0.1) is 0 Å². The fourth-order valence-corrected chi connectivity index (χ4v) is 2.04. The third-order valence-electron chi connectivity index (χ3n) is 2.98. The lowest BCUT2D eigenvalue weighted by molar-refractivity contribution is 0.0551. The van der Waals surface area contributed by atoms with E-state index in [9.17, 15) is 9.90 Å². The van der Waals surface area contributed by atoms with Gasteiger partial charge in [-0.05, 0) is 32.9 Å². The quantitative estimate of drug-likeness (QED) is 0.920. The molecular formula is C15H19NO3. The zero-order valence-corrected chi connectivity index (χ0v) is 11.5. The van der Waals surface area contributed by atoms with Gasteiger partial charge in [0.15, 0.2) is 5.76 Å². The minimum absolute atomic E-state index is 0.00955. The van der Waals surface area contributed by atoms with E-state index in [1.54, 1.807) is 17.9 Å². The van der Waals surface area contributed by atoms with Crippen LogP contribution in [0.15, 0.2) is 34.7 Å². The molecule has 0 aliphatic rings. The number of aliphatic hydroxyl groups excluding tert-OH is 1. The van der Waals surface area contributed by atoms with Crippen LogP contribution in [0.2, 0.25) is 0 Å². The Hall–Kier alpha value is -1.81. The Morgan fingerprint density at radius 1 is 1.32 bits per heavy atom. The van der Waals surface area contributed by atoms with Crippen molar-refractivity contribution in [1.29, 1.82) is 0 Å². The fraction of sp³-hybridized carbons (Fsp3) is 0.400. The van der Waals surface area contributed by atoms with Gasteiger partial charge in [-0.15, -0.1) is 0 Å². The number of carbonyl (C=O) groups excluding carboxylic acids is 1. The molecule has 1 unspecified atom stereocenters. The number of nitrogens with zero attached hydrogens (tertiary/aromatic N) is 1. The first-order chi connectivity index (χ1) is 8.99. The molecule has 0 saturated carbocycles. The molecule has 2 rings (SSSR count). The maximum Gasteiger partial charge on any atom is 0.289 e. The molecule has 1 amide bonds. The molecule has 1 aromatic heterocycles. The van der Waals surface area contributed by atoms with Gasteiger partial charge >= 0.3 is 0 Å². The molecule has 0 bridgehead atoms. The first kappa shape index (κ1) is 13.6. The van der Waals surface area contributed by atoms with Gasteiger partial charge in [0.1, 0.15) is 5.58 Å². The van der Waals surface area contributed by atoms with Crippen molar-refractivity contribution in [2.45, 2.75) is 32.9 Å². The predicted molar refractivity (Wildman–Crippen MR) is 74.1 cm³/mol. The first-order valence-corrected chi connectivity index (χ1v) is 6.46. The Labute approximate surface area is 112 Å². The van der Waals surface area contributed by atoms with Crippen LogP contribution in [0.5, 0.6) is 0 Å². The Morgan fingerprint density at radius 3 is 2.58 bits per heavy atom. The van der Waals surface area contributed by atoms with E-state index < -0.39 is 6.10 Å². The second kappa shape index (κ2) is 5.45. The average Bonchev–Trinajstić information content (AvgIpc) is 2.78. The highest BCUT2D eigenvalue weighted by atomic mass is 16.3. The van der Waals surface area contributed by atoms with Crippen LogP contribution < -0.4 is 0 Å². The van der Waals surface area contributed by atoms with Crippen molar-refractivity contribution in [1.82, 2.24) is 4.90 Å². The Bertz CT molecular complexity index is 539. The number of carbonyl (C=O) groups is 1. The summed E-state index contributed by atoms with van der Waals surface area (Å²) in [6.07, 6.45) is -0.560. The molecule has 0 fully saturated rings. The van der Waals surface area contributed by atoms with Crippen LogP contribution in [0.25, 0.3) is 11.0 Å². The van der Waals surface area contributed by atoms with E-state index in [0.717, 1.165) is 5.39 Å². The van der Waals surface area contributed by atoms with Crippen molar-refractivity contribution in [2.75, 3.05) is 6.54 Å². The summed E-state index contributed by atoms with van der Waals surface area (Å²) in [7, 11) is 0. The van der Waals surface area contributed by atoms with Gasteiger partial charge in [0, 0.05) is 18.0 Å². The summed E-state index contributed by atoms with van der Waals surface area (Å²) in [6, 6.07) is 9.27. The van der Waals surface area contributed by atoms with Gasteiger partial charge in [0.05, 0.1) is 6.10 Å². The van der Waals surface area contributed by atoms with Crippen molar-refractivity contribution in [3.63, 3.8) is 0 Å². The highest BCUT2D eigenvalue weighted by molar-refractivity contribution is 5.96. The van der Waals surface area contributed by atoms with Crippen LogP contribution in [-0.4, -0.2) is 34.6 Å². The van der Waals surface area contributed by atoms with Crippen molar-refractivity contribution in [3.8, 4) is 0 Å². The summed E-state index contributed by atoms with van der Waals surface area (Å²) in [5.74, 6) is 0.127. The second-order valence-corrected chi connectivity index (χ2v) is 5.05. The van der Waals surface area contributed by atoms with E-state index in [1.807, 2.05) is 38.1 Å². The molecule has 0 saturated heterocycles. The highest BCUT2D eigenvalue weighted by Crippen LogP contribution is 2.20. The molecule has 0 aliphatic heterocycles. The fourth-order valence-electron chi connectivity index (χ4n) is 2.04. The number of hydrogen-bond donors (Lipinski definition) is 1. The number of benzene rings is 1. The maximum atomic E-state index is 12.4. The maximum absolute atomic E-state index is 12.4. The summed E-state index contributed by atoms with van der Waals surface area (Å²) in [4.78, 5) is 14.0. The number of fused-ring (bicyclic) bond motifs is 1. The summed E-state index contributed by atoms with van der Waals surface area (Å²) < 4.78 is 5.57. The van der Waals surface area contributed by atoms with Crippen molar-refractivity contribution >= 4 is 16.9 Å². The van der Waals surface area contributed by atoms with Gasteiger partial charge in [-0.3, -0.25) is 4.79 Å². The first-order valence-electron chi connectivity index (χ1n) is 6.46. The number of aliphatic hydroxyl groups is 1. The lowest BCUT2D eigenvalue weighted by atomic mass is 10.2. The van der Waals surface area contributed by atoms with E-state index in [4.69, 9.17) is 4.42 Å². The SMILES string of the molecule is CC(O)CN(C(=O)c1cc2ccccc2o1)C(C)C. The number of hydrogen-bond acceptors (Lipinski definition) is 3.